The quantitative estimate of drug-likeness (QED) is 0.430. The predicted octanol–water partition coefficient (Wildman–Crippen LogP) is 5.71. The fourth-order valence-corrected chi connectivity index (χ4v) is 2.76. The largest absolute Gasteiger partial charge is 0.237 e. The van der Waals surface area contributed by atoms with Crippen LogP contribution < -0.4 is 0 Å². The van der Waals surface area contributed by atoms with E-state index < -0.39 is 0 Å². The van der Waals surface area contributed by atoms with Crippen molar-refractivity contribution in [1.29, 1.82) is 0 Å². The van der Waals surface area contributed by atoms with Crippen LogP contribution >= 0.6 is 15.9 Å². The van der Waals surface area contributed by atoms with Crippen molar-refractivity contribution in [2.24, 2.45) is 4.99 Å². The maximum Gasteiger partial charge on any atom is 0.156 e. The molecule has 1 aromatic heterocycles. The highest BCUT2D eigenvalue weighted by Crippen LogP contribution is 2.30. The summed E-state index contributed by atoms with van der Waals surface area (Å²) in [6, 6.07) is 24.4. The molecule has 0 saturated carbocycles. The number of nitrogens with zero attached hydrogens (tertiary/aromatic N) is 2. The van der Waals surface area contributed by atoms with Gasteiger partial charge in [0.2, 0.25) is 0 Å². The second-order valence-electron chi connectivity index (χ2n) is 5.22. The van der Waals surface area contributed by atoms with Gasteiger partial charge in [-0.1, -0.05) is 82.7 Å². The monoisotopic (exact) mass is 364 g/mol. The van der Waals surface area contributed by atoms with Crippen LogP contribution in [0, 0.1) is 0 Å². The van der Waals surface area contributed by atoms with Crippen molar-refractivity contribution >= 4 is 27.5 Å². The lowest BCUT2D eigenvalue weighted by Gasteiger charge is -2.10. The first-order valence-corrected chi connectivity index (χ1v) is 8.46. The van der Waals surface area contributed by atoms with Gasteiger partial charge in [-0.2, -0.15) is 0 Å². The molecule has 0 radical (unpaired) electrons. The molecule has 0 aliphatic carbocycles. The van der Waals surface area contributed by atoms with E-state index in [1.54, 1.807) is 6.20 Å². The average molecular weight is 365 g/mol. The zero-order valence-electron chi connectivity index (χ0n) is 12.9. The summed E-state index contributed by atoms with van der Waals surface area (Å²) in [5.41, 5.74) is 4.17. The van der Waals surface area contributed by atoms with Crippen LogP contribution in [0.2, 0.25) is 0 Å². The van der Waals surface area contributed by atoms with E-state index in [0.717, 1.165) is 28.2 Å². The Balaban J connectivity index is 2.17. The van der Waals surface area contributed by atoms with Crippen LogP contribution in [0.4, 0.5) is 5.82 Å². The van der Waals surface area contributed by atoms with Gasteiger partial charge < -0.3 is 0 Å². The van der Waals surface area contributed by atoms with Crippen LogP contribution in [0.3, 0.4) is 0 Å². The molecule has 3 aromatic rings. The molecule has 2 aromatic carbocycles. The lowest BCUT2D eigenvalue weighted by Crippen LogP contribution is -2.03. The molecule has 23 heavy (non-hydrogen) atoms. The Bertz CT molecular complexity index is 755. The third-order valence-corrected chi connectivity index (χ3v) is 4.05. The number of halogens is 1. The van der Waals surface area contributed by atoms with Crippen molar-refractivity contribution in [2.75, 3.05) is 0 Å². The maximum atomic E-state index is 4.90. The van der Waals surface area contributed by atoms with Gasteiger partial charge in [0.05, 0.1) is 5.71 Å². The summed E-state index contributed by atoms with van der Waals surface area (Å²) < 4.78 is 0. The van der Waals surface area contributed by atoms with Gasteiger partial charge in [-0.3, -0.25) is 0 Å². The number of rotatable bonds is 4. The van der Waals surface area contributed by atoms with Crippen LogP contribution in [0.5, 0.6) is 0 Å². The van der Waals surface area contributed by atoms with Crippen molar-refractivity contribution in [3.8, 4) is 0 Å². The predicted molar refractivity (Wildman–Crippen MR) is 99.8 cm³/mol. The molecule has 1 unspecified atom stereocenters. The molecule has 0 fully saturated rings. The zero-order valence-corrected chi connectivity index (χ0v) is 14.4. The fourth-order valence-electron chi connectivity index (χ4n) is 2.41. The van der Waals surface area contributed by atoms with Crippen molar-refractivity contribution in [1.82, 2.24) is 4.98 Å². The normalized spacial score (nSPS) is 11.7. The van der Waals surface area contributed by atoms with E-state index in [1.165, 1.54) is 0 Å². The van der Waals surface area contributed by atoms with Crippen molar-refractivity contribution in [3.63, 3.8) is 0 Å². The maximum absolute atomic E-state index is 4.90. The highest BCUT2D eigenvalue weighted by atomic mass is 79.9. The molecule has 114 valence electrons. The van der Waals surface area contributed by atoms with Gasteiger partial charge in [0.15, 0.2) is 5.82 Å². The molecule has 0 spiro atoms. The Morgan fingerprint density at radius 1 is 0.870 bits per heavy atom. The van der Waals surface area contributed by atoms with Gasteiger partial charge in [0, 0.05) is 27.7 Å². The molecule has 0 bridgehead atoms. The Morgan fingerprint density at radius 2 is 1.43 bits per heavy atom. The second-order valence-corrected chi connectivity index (χ2v) is 6.60. The summed E-state index contributed by atoms with van der Waals surface area (Å²) in [5.74, 6) is 0.750. The number of aliphatic imine (C=N–C) groups is 1. The van der Waals surface area contributed by atoms with Gasteiger partial charge in [0.1, 0.15) is 0 Å². The molecule has 0 aliphatic heterocycles. The Hall–Kier alpha value is -2.26. The minimum Gasteiger partial charge on any atom is -0.237 e. The van der Waals surface area contributed by atoms with Crippen LogP contribution in [-0.4, -0.2) is 10.7 Å². The summed E-state index contributed by atoms with van der Waals surface area (Å²) in [5, 5.41) is 0. The number of hydrogen-bond acceptors (Lipinski definition) is 2. The lowest BCUT2D eigenvalue weighted by atomic mass is 10.0. The lowest BCUT2D eigenvalue weighted by molar-refractivity contribution is 1.08. The molecule has 2 nitrogen and oxygen atoms in total. The first-order chi connectivity index (χ1) is 11.3. The van der Waals surface area contributed by atoms with Gasteiger partial charge in [0.25, 0.3) is 0 Å². The molecule has 0 amide bonds. The Labute approximate surface area is 145 Å². The summed E-state index contributed by atoms with van der Waals surface area (Å²) in [6.07, 6.45) is 1.78. The fraction of sp³-hybridized carbons (Fsp3) is 0.100. The topological polar surface area (TPSA) is 25.2 Å². The molecule has 1 atom stereocenters. The molecule has 0 saturated heterocycles. The number of benzene rings is 2. The van der Waals surface area contributed by atoms with Crippen molar-refractivity contribution in [2.45, 2.75) is 11.8 Å². The first-order valence-electron chi connectivity index (χ1n) is 7.54. The second kappa shape index (κ2) is 7.34. The summed E-state index contributed by atoms with van der Waals surface area (Å²) >= 11 is 3.63. The smallest absolute Gasteiger partial charge is 0.156 e. The van der Waals surface area contributed by atoms with E-state index in [0.29, 0.717) is 0 Å². The number of hydrogen-bond donors (Lipinski definition) is 0. The molecule has 0 N–H and O–H groups in total. The molecular formula is C20H17BrN2. The van der Waals surface area contributed by atoms with Crippen LogP contribution in [0.25, 0.3) is 0 Å². The summed E-state index contributed by atoms with van der Waals surface area (Å²) in [4.78, 5) is 9.57. The summed E-state index contributed by atoms with van der Waals surface area (Å²) in [7, 11) is 0. The minimum absolute atomic E-state index is 0.197. The van der Waals surface area contributed by atoms with Gasteiger partial charge in [-0.15, -0.1) is 0 Å². The third kappa shape index (κ3) is 3.74. The molecule has 0 aliphatic rings. The van der Waals surface area contributed by atoms with Gasteiger partial charge in [-0.25, -0.2) is 9.98 Å². The van der Waals surface area contributed by atoms with E-state index in [2.05, 4.69) is 58.2 Å². The molecule has 1 heterocycles. The summed E-state index contributed by atoms with van der Waals surface area (Å²) in [6.45, 7) is 2.08. The van der Waals surface area contributed by atoms with E-state index in [4.69, 9.17) is 4.99 Å². The van der Waals surface area contributed by atoms with E-state index in [-0.39, 0.29) is 4.83 Å². The van der Waals surface area contributed by atoms with Crippen LogP contribution in [0.15, 0.2) is 84.0 Å². The SMILES string of the molecule is CC(Br)c1cccnc1N=C(c1ccccc1)c1ccccc1. The standard InChI is InChI=1S/C20H17BrN2/c1-15(21)18-13-8-14-22-20(18)23-19(16-9-4-2-5-10-16)17-11-6-3-7-12-17/h2-15H,1H3. The zero-order chi connectivity index (χ0) is 16.1. The van der Waals surface area contributed by atoms with E-state index >= 15 is 0 Å². The number of alkyl halides is 1. The molecule has 3 rings (SSSR count). The first kappa shape index (κ1) is 15.6. The number of pyridine rings is 1. The van der Waals surface area contributed by atoms with E-state index in [9.17, 15) is 0 Å². The van der Waals surface area contributed by atoms with Crippen LogP contribution in [-0.2, 0) is 0 Å². The van der Waals surface area contributed by atoms with Crippen LogP contribution in [0.1, 0.15) is 28.4 Å². The van der Waals surface area contributed by atoms with E-state index in [1.807, 2.05) is 42.5 Å². The molecule has 3 heteroatoms. The van der Waals surface area contributed by atoms with Gasteiger partial charge >= 0.3 is 0 Å². The highest BCUT2D eigenvalue weighted by molar-refractivity contribution is 9.09. The van der Waals surface area contributed by atoms with Gasteiger partial charge in [-0.05, 0) is 13.0 Å². The Morgan fingerprint density at radius 3 is 1.96 bits per heavy atom. The highest BCUT2D eigenvalue weighted by Gasteiger charge is 2.11. The Kier molecular flexibility index (Phi) is 4.99. The number of aromatic nitrogens is 1. The van der Waals surface area contributed by atoms with Crippen molar-refractivity contribution in [3.05, 3.63) is 95.7 Å². The van der Waals surface area contributed by atoms with Crippen molar-refractivity contribution < 1.29 is 0 Å². The average Bonchev–Trinajstić information content (AvgIpc) is 2.61. The molecular weight excluding hydrogens is 348 g/mol. The third-order valence-electron chi connectivity index (χ3n) is 3.56. The minimum atomic E-state index is 0.197.